The first-order valence-corrected chi connectivity index (χ1v) is 6.61. The van der Waals surface area contributed by atoms with E-state index in [2.05, 4.69) is 0 Å². The monoisotopic (exact) mass is 310 g/mol. The SMILES string of the molecule is COc1cccc(C(=O)COc2ccc(Cl)c(Cl)c2)c1. The molecule has 2 aromatic carbocycles. The van der Waals surface area contributed by atoms with Gasteiger partial charge in [0.15, 0.2) is 12.4 Å². The summed E-state index contributed by atoms with van der Waals surface area (Å²) in [5.41, 5.74) is 0.532. The van der Waals surface area contributed by atoms with E-state index in [-0.39, 0.29) is 12.4 Å². The average molecular weight is 311 g/mol. The fraction of sp³-hybridized carbons (Fsp3) is 0.133. The molecule has 3 nitrogen and oxygen atoms in total. The van der Waals surface area contributed by atoms with E-state index in [9.17, 15) is 4.79 Å². The van der Waals surface area contributed by atoms with Crippen LogP contribution in [-0.2, 0) is 0 Å². The maximum Gasteiger partial charge on any atom is 0.200 e. The highest BCUT2D eigenvalue weighted by Gasteiger charge is 2.08. The molecule has 0 saturated carbocycles. The normalized spacial score (nSPS) is 10.2. The van der Waals surface area contributed by atoms with Gasteiger partial charge in [0.1, 0.15) is 11.5 Å². The van der Waals surface area contributed by atoms with Crippen LogP contribution in [0.4, 0.5) is 0 Å². The molecule has 0 aliphatic heterocycles. The number of benzene rings is 2. The van der Waals surface area contributed by atoms with Gasteiger partial charge in [-0.2, -0.15) is 0 Å². The summed E-state index contributed by atoms with van der Waals surface area (Å²) in [6.45, 7) is -0.0782. The van der Waals surface area contributed by atoms with E-state index in [1.807, 2.05) is 0 Å². The summed E-state index contributed by atoms with van der Waals surface area (Å²) < 4.78 is 10.5. The number of methoxy groups -OCH3 is 1. The summed E-state index contributed by atoms with van der Waals surface area (Å²) in [5.74, 6) is 0.982. The van der Waals surface area contributed by atoms with Crippen LogP contribution in [0.3, 0.4) is 0 Å². The summed E-state index contributed by atoms with van der Waals surface area (Å²) in [6.07, 6.45) is 0. The molecule has 0 atom stereocenters. The third kappa shape index (κ3) is 3.65. The molecule has 0 aliphatic rings. The van der Waals surface area contributed by atoms with E-state index in [0.29, 0.717) is 27.1 Å². The minimum Gasteiger partial charge on any atom is -0.497 e. The Kier molecular flexibility index (Phi) is 4.88. The maximum atomic E-state index is 12.0. The predicted octanol–water partition coefficient (Wildman–Crippen LogP) is 4.26. The van der Waals surface area contributed by atoms with Crippen molar-refractivity contribution in [2.75, 3.05) is 13.7 Å². The van der Waals surface area contributed by atoms with Crippen molar-refractivity contribution >= 4 is 29.0 Å². The zero-order valence-electron chi connectivity index (χ0n) is 10.7. The number of ether oxygens (including phenoxy) is 2. The molecule has 0 spiro atoms. The third-order valence-corrected chi connectivity index (χ3v) is 3.39. The van der Waals surface area contributed by atoms with Crippen molar-refractivity contribution in [1.82, 2.24) is 0 Å². The molecule has 0 N–H and O–H groups in total. The lowest BCUT2D eigenvalue weighted by molar-refractivity contribution is 0.0921. The Morgan fingerprint density at radius 2 is 1.85 bits per heavy atom. The molecular weight excluding hydrogens is 299 g/mol. The smallest absolute Gasteiger partial charge is 0.200 e. The van der Waals surface area contributed by atoms with Gasteiger partial charge in [-0.15, -0.1) is 0 Å². The molecule has 20 heavy (non-hydrogen) atoms. The van der Waals surface area contributed by atoms with Crippen molar-refractivity contribution in [3.63, 3.8) is 0 Å². The van der Waals surface area contributed by atoms with Crippen molar-refractivity contribution in [1.29, 1.82) is 0 Å². The molecular formula is C15H12Cl2O3. The van der Waals surface area contributed by atoms with E-state index < -0.39 is 0 Å². The third-order valence-electron chi connectivity index (χ3n) is 2.65. The van der Waals surface area contributed by atoms with E-state index in [1.54, 1.807) is 49.6 Å². The quantitative estimate of drug-likeness (QED) is 0.774. The second-order valence-corrected chi connectivity index (χ2v) is 4.83. The Balaban J connectivity index is 2.02. The first kappa shape index (κ1) is 14.7. The van der Waals surface area contributed by atoms with Gasteiger partial charge in [-0.25, -0.2) is 0 Å². The van der Waals surface area contributed by atoms with Crippen molar-refractivity contribution in [3.05, 3.63) is 58.1 Å². The van der Waals surface area contributed by atoms with Crippen molar-refractivity contribution < 1.29 is 14.3 Å². The molecule has 5 heteroatoms. The van der Waals surface area contributed by atoms with Crippen molar-refractivity contribution in [2.24, 2.45) is 0 Å². The van der Waals surface area contributed by atoms with Crippen molar-refractivity contribution in [3.8, 4) is 11.5 Å². The molecule has 0 unspecified atom stereocenters. The topological polar surface area (TPSA) is 35.5 Å². The number of hydrogen-bond donors (Lipinski definition) is 0. The second-order valence-electron chi connectivity index (χ2n) is 4.02. The molecule has 0 fully saturated rings. The summed E-state index contributed by atoms with van der Waals surface area (Å²) in [4.78, 5) is 12.0. The predicted molar refractivity (Wildman–Crippen MR) is 79.3 cm³/mol. The molecule has 0 heterocycles. The summed E-state index contributed by atoms with van der Waals surface area (Å²) in [7, 11) is 1.55. The maximum absolute atomic E-state index is 12.0. The Hall–Kier alpha value is -1.71. The van der Waals surface area contributed by atoms with Gasteiger partial charge in [0.2, 0.25) is 0 Å². The molecule has 2 rings (SSSR count). The van der Waals surface area contributed by atoms with Gasteiger partial charge in [0, 0.05) is 11.6 Å². The van der Waals surface area contributed by atoms with Crippen LogP contribution in [0.2, 0.25) is 10.0 Å². The summed E-state index contributed by atoms with van der Waals surface area (Å²) >= 11 is 11.7. The van der Waals surface area contributed by atoms with Crippen LogP contribution in [0.5, 0.6) is 11.5 Å². The largest absolute Gasteiger partial charge is 0.497 e. The van der Waals surface area contributed by atoms with E-state index >= 15 is 0 Å². The lowest BCUT2D eigenvalue weighted by Crippen LogP contribution is -2.11. The highest BCUT2D eigenvalue weighted by Crippen LogP contribution is 2.26. The molecule has 0 bridgehead atoms. The first-order valence-electron chi connectivity index (χ1n) is 5.85. The van der Waals surface area contributed by atoms with E-state index in [1.165, 1.54) is 0 Å². The van der Waals surface area contributed by atoms with Gasteiger partial charge in [-0.05, 0) is 24.3 Å². The van der Waals surface area contributed by atoms with E-state index in [0.717, 1.165) is 0 Å². The number of rotatable bonds is 5. The van der Waals surface area contributed by atoms with Crippen LogP contribution in [0.1, 0.15) is 10.4 Å². The van der Waals surface area contributed by atoms with Crippen LogP contribution >= 0.6 is 23.2 Å². The molecule has 0 aliphatic carbocycles. The molecule has 0 aromatic heterocycles. The van der Waals surface area contributed by atoms with Crippen LogP contribution in [-0.4, -0.2) is 19.5 Å². The molecule has 0 radical (unpaired) electrons. The van der Waals surface area contributed by atoms with Gasteiger partial charge in [-0.3, -0.25) is 4.79 Å². The van der Waals surface area contributed by atoms with Crippen LogP contribution in [0.15, 0.2) is 42.5 Å². The van der Waals surface area contributed by atoms with Gasteiger partial charge >= 0.3 is 0 Å². The average Bonchev–Trinajstić information content (AvgIpc) is 2.48. The number of ketones is 1. The van der Waals surface area contributed by atoms with Gasteiger partial charge < -0.3 is 9.47 Å². The minimum absolute atomic E-state index is 0.0782. The molecule has 2 aromatic rings. The standard InChI is InChI=1S/C15H12Cl2O3/c1-19-11-4-2-3-10(7-11)15(18)9-20-12-5-6-13(16)14(17)8-12/h2-8H,9H2,1H3. The number of carbonyl (C=O) groups excluding carboxylic acids is 1. The van der Waals surface area contributed by atoms with Gasteiger partial charge in [0.05, 0.1) is 17.2 Å². The number of hydrogen-bond acceptors (Lipinski definition) is 3. The number of Topliss-reactive ketones (excluding diaryl/α,β-unsaturated/α-hetero) is 1. The zero-order valence-corrected chi connectivity index (χ0v) is 12.2. The Bertz CT molecular complexity index is 626. The fourth-order valence-corrected chi connectivity index (χ4v) is 1.88. The van der Waals surface area contributed by atoms with Crippen molar-refractivity contribution in [2.45, 2.75) is 0 Å². The van der Waals surface area contributed by atoms with E-state index in [4.69, 9.17) is 32.7 Å². The zero-order chi connectivity index (χ0) is 14.5. The Morgan fingerprint density at radius 1 is 1.05 bits per heavy atom. The Morgan fingerprint density at radius 3 is 2.55 bits per heavy atom. The lowest BCUT2D eigenvalue weighted by Gasteiger charge is -2.07. The lowest BCUT2D eigenvalue weighted by atomic mass is 10.1. The minimum atomic E-state index is -0.144. The fourth-order valence-electron chi connectivity index (χ4n) is 1.60. The van der Waals surface area contributed by atoms with Crippen LogP contribution in [0.25, 0.3) is 0 Å². The van der Waals surface area contributed by atoms with Gasteiger partial charge in [0.25, 0.3) is 0 Å². The molecule has 0 saturated heterocycles. The number of carbonyl (C=O) groups is 1. The van der Waals surface area contributed by atoms with Crippen LogP contribution in [0, 0.1) is 0 Å². The summed E-state index contributed by atoms with van der Waals surface area (Å²) in [5, 5.41) is 0.830. The summed E-state index contributed by atoms with van der Waals surface area (Å²) in [6, 6.07) is 11.8. The molecule has 0 amide bonds. The number of halogens is 2. The highest BCUT2D eigenvalue weighted by atomic mass is 35.5. The Labute approximate surface area is 127 Å². The van der Waals surface area contributed by atoms with Gasteiger partial charge in [-0.1, -0.05) is 35.3 Å². The molecule has 104 valence electrons. The highest BCUT2D eigenvalue weighted by molar-refractivity contribution is 6.42. The van der Waals surface area contributed by atoms with Crippen LogP contribution < -0.4 is 9.47 Å². The first-order chi connectivity index (χ1) is 9.60. The second kappa shape index (κ2) is 6.64.